The van der Waals surface area contributed by atoms with Crippen LogP contribution in [0.2, 0.25) is 0 Å². The number of hydrogen-bond donors (Lipinski definition) is 0. The normalized spacial score (nSPS) is 18.4. The molecule has 4 heteroatoms. The number of benzene rings is 1. The quantitative estimate of drug-likeness (QED) is 0.799. The molecule has 106 valence electrons. The number of piperidine rings is 1. The molecule has 1 aromatic carbocycles. The van der Waals surface area contributed by atoms with Crippen LogP contribution in [0.4, 0.5) is 0 Å². The minimum Gasteiger partial charge on any atom is -0.465 e. The van der Waals surface area contributed by atoms with E-state index in [9.17, 15) is 4.79 Å². The Kier molecular flexibility index (Phi) is 6.01. The molecule has 1 aliphatic rings. The highest BCUT2D eigenvalue weighted by Gasteiger charge is 2.43. The molecular formula is C15H22BrNO2. The van der Waals surface area contributed by atoms with Crippen molar-refractivity contribution in [2.24, 2.45) is 0 Å². The molecule has 0 amide bonds. The Morgan fingerprint density at radius 1 is 1.26 bits per heavy atom. The van der Waals surface area contributed by atoms with Gasteiger partial charge in [0, 0.05) is 0 Å². The molecular weight excluding hydrogens is 306 g/mol. The molecule has 2 rings (SSSR count). The second kappa shape index (κ2) is 7.06. The summed E-state index contributed by atoms with van der Waals surface area (Å²) in [5.41, 5.74) is 0.653. The number of likely N-dealkylation sites (tertiary alicyclic amines) is 1. The first-order valence-corrected chi connectivity index (χ1v) is 6.60. The van der Waals surface area contributed by atoms with E-state index in [2.05, 4.69) is 11.9 Å². The van der Waals surface area contributed by atoms with Gasteiger partial charge in [0.25, 0.3) is 0 Å². The number of esters is 1. The smallest absolute Gasteiger partial charge is 0.316 e. The van der Waals surface area contributed by atoms with Crippen molar-refractivity contribution in [2.75, 3.05) is 26.7 Å². The van der Waals surface area contributed by atoms with Crippen molar-refractivity contribution in [3.8, 4) is 0 Å². The van der Waals surface area contributed by atoms with E-state index in [1.165, 1.54) is 0 Å². The first-order chi connectivity index (χ1) is 8.69. The van der Waals surface area contributed by atoms with Crippen LogP contribution in [0.5, 0.6) is 0 Å². The summed E-state index contributed by atoms with van der Waals surface area (Å²) in [7, 11) is 2.10. The molecule has 0 bridgehead atoms. The lowest BCUT2D eigenvalue weighted by atomic mass is 9.73. The van der Waals surface area contributed by atoms with Crippen molar-refractivity contribution in [1.29, 1.82) is 0 Å². The van der Waals surface area contributed by atoms with Gasteiger partial charge < -0.3 is 9.64 Å². The summed E-state index contributed by atoms with van der Waals surface area (Å²) in [5.74, 6) is -0.0655. The third-order valence-corrected chi connectivity index (χ3v) is 3.83. The number of halogens is 1. The van der Waals surface area contributed by atoms with E-state index in [-0.39, 0.29) is 23.0 Å². The fourth-order valence-electron chi connectivity index (χ4n) is 2.64. The van der Waals surface area contributed by atoms with Crippen LogP contribution < -0.4 is 0 Å². The summed E-state index contributed by atoms with van der Waals surface area (Å²) in [4.78, 5) is 14.7. The predicted molar refractivity (Wildman–Crippen MR) is 81.8 cm³/mol. The Morgan fingerprint density at radius 3 is 2.37 bits per heavy atom. The summed E-state index contributed by atoms with van der Waals surface area (Å²) in [5, 5.41) is 0. The van der Waals surface area contributed by atoms with Crippen LogP contribution in [0.1, 0.15) is 25.3 Å². The third kappa shape index (κ3) is 3.37. The molecule has 1 aromatic rings. The first-order valence-electron chi connectivity index (χ1n) is 6.60. The maximum atomic E-state index is 12.4. The standard InChI is InChI=1S/C15H21NO2.BrH/c1-3-18-14(17)15(9-11-16(2)12-10-15)13-7-5-4-6-8-13;/h4-8H,3,9-12H2,1-2H3;1H. The van der Waals surface area contributed by atoms with E-state index in [4.69, 9.17) is 4.74 Å². The van der Waals surface area contributed by atoms with Crippen LogP contribution >= 0.6 is 17.0 Å². The summed E-state index contributed by atoms with van der Waals surface area (Å²) >= 11 is 0. The molecule has 0 aliphatic carbocycles. The highest BCUT2D eigenvalue weighted by molar-refractivity contribution is 8.93. The molecule has 0 aromatic heterocycles. The maximum Gasteiger partial charge on any atom is 0.316 e. The van der Waals surface area contributed by atoms with Gasteiger partial charge in [-0.25, -0.2) is 0 Å². The van der Waals surface area contributed by atoms with Gasteiger partial charge in [-0.2, -0.15) is 0 Å². The van der Waals surface area contributed by atoms with Crippen LogP contribution in [-0.4, -0.2) is 37.6 Å². The van der Waals surface area contributed by atoms with E-state index in [1.54, 1.807) is 0 Å². The highest BCUT2D eigenvalue weighted by atomic mass is 79.9. The molecule has 0 atom stereocenters. The predicted octanol–water partition coefficient (Wildman–Crippen LogP) is 2.79. The largest absolute Gasteiger partial charge is 0.465 e. The van der Waals surface area contributed by atoms with Gasteiger partial charge in [-0.1, -0.05) is 30.3 Å². The molecule has 3 nitrogen and oxygen atoms in total. The van der Waals surface area contributed by atoms with Crippen LogP contribution in [0.15, 0.2) is 30.3 Å². The summed E-state index contributed by atoms with van der Waals surface area (Å²) in [6, 6.07) is 10.1. The minimum absolute atomic E-state index is 0. The average molecular weight is 328 g/mol. The average Bonchev–Trinajstić information content (AvgIpc) is 2.41. The zero-order valence-electron chi connectivity index (χ0n) is 11.6. The lowest BCUT2D eigenvalue weighted by molar-refractivity contribution is -0.152. The van der Waals surface area contributed by atoms with Crippen molar-refractivity contribution in [3.05, 3.63) is 35.9 Å². The van der Waals surface area contributed by atoms with Gasteiger partial charge in [0.15, 0.2) is 0 Å². The Bertz CT molecular complexity index is 400. The van der Waals surface area contributed by atoms with Crippen LogP contribution in [-0.2, 0) is 14.9 Å². The summed E-state index contributed by atoms with van der Waals surface area (Å²) in [6.45, 7) is 4.19. The first kappa shape index (κ1) is 16.2. The molecule has 19 heavy (non-hydrogen) atoms. The van der Waals surface area contributed by atoms with Gasteiger partial charge in [0.1, 0.15) is 0 Å². The molecule has 0 saturated carbocycles. The number of nitrogens with zero attached hydrogens (tertiary/aromatic N) is 1. The van der Waals surface area contributed by atoms with Gasteiger partial charge in [-0.3, -0.25) is 4.79 Å². The number of ether oxygens (including phenoxy) is 1. The number of rotatable bonds is 3. The van der Waals surface area contributed by atoms with Gasteiger partial charge in [0.2, 0.25) is 0 Å². The van der Waals surface area contributed by atoms with Crippen LogP contribution in [0.3, 0.4) is 0 Å². The maximum absolute atomic E-state index is 12.4. The second-order valence-electron chi connectivity index (χ2n) is 4.97. The zero-order valence-corrected chi connectivity index (χ0v) is 13.3. The summed E-state index contributed by atoms with van der Waals surface area (Å²) in [6.07, 6.45) is 1.68. The molecule has 1 fully saturated rings. The van der Waals surface area contributed by atoms with Crippen molar-refractivity contribution in [1.82, 2.24) is 4.90 Å². The monoisotopic (exact) mass is 327 g/mol. The van der Waals surface area contributed by atoms with Crippen molar-refractivity contribution >= 4 is 23.0 Å². The Morgan fingerprint density at radius 2 is 1.84 bits per heavy atom. The van der Waals surface area contributed by atoms with Gasteiger partial charge in [0.05, 0.1) is 12.0 Å². The molecule has 0 N–H and O–H groups in total. The molecule has 1 aliphatic heterocycles. The zero-order chi connectivity index (χ0) is 13.0. The Balaban J connectivity index is 0.00000180. The van der Waals surface area contributed by atoms with Crippen molar-refractivity contribution in [3.63, 3.8) is 0 Å². The molecule has 0 spiro atoms. The van der Waals surface area contributed by atoms with Gasteiger partial charge >= 0.3 is 5.97 Å². The molecule has 1 saturated heterocycles. The fraction of sp³-hybridized carbons (Fsp3) is 0.533. The SMILES string of the molecule is Br.CCOC(=O)C1(c2ccccc2)CCN(C)CC1. The Labute approximate surface area is 125 Å². The van der Waals surface area contributed by atoms with E-state index in [0.717, 1.165) is 31.5 Å². The van der Waals surface area contributed by atoms with Gasteiger partial charge in [-0.15, -0.1) is 17.0 Å². The topological polar surface area (TPSA) is 29.5 Å². The highest BCUT2D eigenvalue weighted by Crippen LogP contribution is 2.36. The third-order valence-electron chi connectivity index (χ3n) is 3.83. The summed E-state index contributed by atoms with van der Waals surface area (Å²) < 4.78 is 5.32. The Hall–Kier alpha value is -0.870. The molecule has 1 heterocycles. The van der Waals surface area contributed by atoms with Gasteiger partial charge in [-0.05, 0) is 45.5 Å². The molecule has 0 unspecified atom stereocenters. The van der Waals surface area contributed by atoms with E-state index in [1.807, 2.05) is 37.3 Å². The minimum atomic E-state index is -0.441. The van der Waals surface area contributed by atoms with Crippen LogP contribution in [0, 0.1) is 0 Å². The van der Waals surface area contributed by atoms with E-state index >= 15 is 0 Å². The lowest BCUT2D eigenvalue weighted by Gasteiger charge is -2.38. The van der Waals surface area contributed by atoms with E-state index < -0.39 is 5.41 Å². The van der Waals surface area contributed by atoms with Crippen molar-refractivity contribution < 1.29 is 9.53 Å². The molecule has 0 radical (unpaired) electrons. The fourth-order valence-corrected chi connectivity index (χ4v) is 2.64. The van der Waals surface area contributed by atoms with Crippen molar-refractivity contribution in [2.45, 2.75) is 25.2 Å². The number of hydrogen-bond acceptors (Lipinski definition) is 3. The number of carbonyl (C=O) groups is 1. The lowest BCUT2D eigenvalue weighted by Crippen LogP contribution is -2.47. The van der Waals surface area contributed by atoms with Crippen LogP contribution in [0.25, 0.3) is 0 Å². The number of carbonyl (C=O) groups excluding carboxylic acids is 1. The second-order valence-corrected chi connectivity index (χ2v) is 4.97. The van der Waals surface area contributed by atoms with E-state index in [0.29, 0.717) is 6.61 Å².